The SMILES string of the molecule is CCCC1(COC)CCN(C(=O)OC(C)(C)C)C1. The number of hydrogen-bond acceptors (Lipinski definition) is 3. The minimum atomic E-state index is -0.422. The number of carbonyl (C=O) groups is 1. The van der Waals surface area contributed by atoms with E-state index in [1.165, 1.54) is 0 Å². The fourth-order valence-corrected chi connectivity index (χ4v) is 2.65. The molecule has 0 saturated carbocycles. The lowest BCUT2D eigenvalue weighted by Gasteiger charge is -2.29. The minimum absolute atomic E-state index is 0.125. The fourth-order valence-electron chi connectivity index (χ4n) is 2.65. The first-order valence-corrected chi connectivity index (χ1v) is 6.79. The lowest BCUT2D eigenvalue weighted by Crippen LogP contribution is -2.38. The van der Waals surface area contributed by atoms with Crippen LogP contribution in [-0.2, 0) is 9.47 Å². The summed E-state index contributed by atoms with van der Waals surface area (Å²) >= 11 is 0. The Morgan fingerprint density at radius 1 is 1.39 bits per heavy atom. The number of likely N-dealkylation sites (tertiary alicyclic amines) is 1. The third kappa shape index (κ3) is 4.16. The summed E-state index contributed by atoms with van der Waals surface area (Å²) in [7, 11) is 1.73. The number of rotatable bonds is 4. The molecule has 0 N–H and O–H groups in total. The summed E-state index contributed by atoms with van der Waals surface area (Å²) < 4.78 is 10.7. The average molecular weight is 257 g/mol. The second-order valence-corrected chi connectivity index (χ2v) is 6.33. The van der Waals surface area contributed by atoms with Crippen LogP contribution in [0, 0.1) is 5.41 Å². The van der Waals surface area contributed by atoms with Crippen LogP contribution < -0.4 is 0 Å². The summed E-state index contributed by atoms with van der Waals surface area (Å²) in [5.41, 5.74) is -0.297. The van der Waals surface area contributed by atoms with Gasteiger partial charge in [0.15, 0.2) is 0 Å². The van der Waals surface area contributed by atoms with Crippen molar-refractivity contribution in [2.45, 2.75) is 52.6 Å². The Kier molecular flexibility index (Phi) is 5.02. The molecule has 0 aromatic rings. The molecular weight excluding hydrogens is 230 g/mol. The zero-order chi connectivity index (χ0) is 13.8. The predicted molar refractivity (Wildman–Crippen MR) is 71.6 cm³/mol. The molecule has 0 radical (unpaired) electrons. The van der Waals surface area contributed by atoms with Gasteiger partial charge < -0.3 is 14.4 Å². The Labute approximate surface area is 111 Å². The fraction of sp³-hybridized carbons (Fsp3) is 0.929. The number of methoxy groups -OCH3 is 1. The molecule has 0 aromatic carbocycles. The summed E-state index contributed by atoms with van der Waals surface area (Å²) in [6.07, 6.45) is 3.02. The van der Waals surface area contributed by atoms with Gasteiger partial charge in [-0.2, -0.15) is 0 Å². The first-order valence-electron chi connectivity index (χ1n) is 6.79. The molecule has 4 nitrogen and oxygen atoms in total. The Balaban J connectivity index is 2.60. The molecule has 18 heavy (non-hydrogen) atoms. The zero-order valence-corrected chi connectivity index (χ0v) is 12.4. The summed E-state index contributed by atoms with van der Waals surface area (Å²) in [5, 5.41) is 0. The van der Waals surface area contributed by atoms with Crippen LogP contribution in [0.15, 0.2) is 0 Å². The van der Waals surface area contributed by atoms with Gasteiger partial charge in [-0.3, -0.25) is 0 Å². The van der Waals surface area contributed by atoms with Crippen molar-refractivity contribution in [2.75, 3.05) is 26.8 Å². The Morgan fingerprint density at radius 3 is 2.56 bits per heavy atom. The summed E-state index contributed by atoms with van der Waals surface area (Å²) in [4.78, 5) is 13.8. The van der Waals surface area contributed by atoms with Crippen molar-refractivity contribution in [3.8, 4) is 0 Å². The smallest absolute Gasteiger partial charge is 0.410 e. The number of hydrogen-bond donors (Lipinski definition) is 0. The molecule has 1 aliphatic heterocycles. The van der Waals surface area contributed by atoms with Crippen molar-refractivity contribution in [3.05, 3.63) is 0 Å². The van der Waals surface area contributed by atoms with Crippen molar-refractivity contribution in [1.29, 1.82) is 0 Å². The number of carbonyl (C=O) groups excluding carboxylic acids is 1. The highest BCUT2D eigenvalue weighted by molar-refractivity contribution is 5.68. The summed E-state index contributed by atoms with van der Waals surface area (Å²) in [5.74, 6) is 0. The van der Waals surface area contributed by atoms with E-state index >= 15 is 0 Å². The van der Waals surface area contributed by atoms with Crippen molar-refractivity contribution < 1.29 is 14.3 Å². The number of nitrogens with zero attached hydrogens (tertiary/aromatic N) is 1. The molecule has 0 bridgehead atoms. The second-order valence-electron chi connectivity index (χ2n) is 6.33. The lowest BCUT2D eigenvalue weighted by molar-refractivity contribution is 0.0228. The standard InChI is InChI=1S/C14H27NO3/c1-6-7-14(11-17-5)8-9-15(10-14)12(16)18-13(2,3)4/h6-11H2,1-5H3. The van der Waals surface area contributed by atoms with E-state index in [4.69, 9.17) is 9.47 Å². The Morgan fingerprint density at radius 2 is 2.06 bits per heavy atom. The third-order valence-electron chi connectivity index (χ3n) is 3.32. The van der Waals surface area contributed by atoms with Crippen LogP contribution >= 0.6 is 0 Å². The van der Waals surface area contributed by atoms with Crippen LogP contribution in [0.5, 0.6) is 0 Å². The van der Waals surface area contributed by atoms with E-state index in [0.29, 0.717) is 0 Å². The average Bonchev–Trinajstić information content (AvgIpc) is 2.61. The van der Waals surface area contributed by atoms with Crippen LogP contribution in [0.3, 0.4) is 0 Å². The molecule has 1 rings (SSSR count). The molecule has 0 aliphatic carbocycles. The van der Waals surface area contributed by atoms with Gasteiger partial charge in [0.2, 0.25) is 0 Å². The monoisotopic (exact) mass is 257 g/mol. The Hall–Kier alpha value is -0.770. The van der Waals surface area contributed by atoms with Gasteiger partial charge >= 0.3 is 6.09 Å². The van der Waals surface area contributed by atoms with Crippen molar-refractivity contribution in [1.82, 2.24) is 4.90 Å². The van der Waals surface area contributed by atoms with Crippen LogP contribution in [-0.4, -0.2) is 43.4 Å². The van der Waals surface area contributed by atoms with Gasteiger partial charge in [-0.1, -0.05) is 13.3 Å². The number of amides is 1. The maximum absolute atomic E-state index is 12.0. The molecule has 1 heterocycles. The van der Waals surface area contributed by atoms with Gasteiger partial charge in [-0.05, 0) is 33.6 Å². The van der Waals surface area contributed by atoms with E-state index in [1.54, 1.807) is 7.11 Å². The van der Waals surface area contributed by atoms with E-state index in [-0.39, 0.29) is 11.5 Å². The van der Waals surface area contributed by atoms with Crippen LogP contribution in [0.4, 0.5) is 4.79 Å². The van der Waals surface area contributed by atoms with Gasteiger partial charge in [-0.15, -0.1) is 0 Å². The zero-order valence-electron chi connectivity index (χ0n) is 12.4. The van der Waals surface area contributed by atoms with Gasteiger partial charge in [0.25, 0.3) is 0 Å². The van der Waals surface area contributed by atoms with E-state index in [0.717, 1.165) is 39.0 Å². The molecular formula is C14H27NO3. The molecule has 106 valence electrons. The topological polar surface area (TPSA) is 38.8 Å². The molecule has 4 heteroatoms. The van der Waals surface area contributed by atoms with Crippen LogP contribution in [0.2, 0.25) is 0 Å². The quantitative estimate of drug-likeness (QED) is 0.777. The van der Waals surface area contributed by atoms with Crippen molar-refractivity contribution in [2.24, 2.45) is 5.41 Å². The molecule has 0 spiro atoms. The summed E-state index contributed by atoms with van der Waals surface area (Å²) in [6, 6.07) is 0. The number of ether oxygens (including phenoxy) is 2. The Bertz CT molecular complexity index is 277. The molecule has 0 aromatic heterocycles. The van der Waals surface area contributed by atoms with Gasteiger partial charge in [0.1, 0.15) is 5.60 Å². The van der Waals surface area contributed by atoms with E-state index in [9.17, 15) is 4.79 Å². The maximum atomic E-state index is 12.0. The van der Waals surface area contributed by atoms with E-state index in [1.807, 2.05) is 25.7 Å². The minimum Gasteiger partial charge on any atom is -0.444 e. The van der Waals surface area contributed by atoms with Gasteiger partial charge in [0, 0.05) is 25.6 Å². The van der Waals surface area contributed by atoms with Crippen LogP contribution in [0.1, 0.15) is 47.0 Å². The second kappa shape index (κ2) is 5.91. The molecule has 1 amide bonds. The first-order chi connectivity index (χ1) is 8.32. The molecule has 1 unspecified atom stereocenters. The molecule has 1 fully saturated rings. The van der Waals surface area contributed by atoms with Crippen LogP contribution in [0.25, 0.3) is 0 Å². The maximum Gasteiger partial charge on any atom is 0.410 e. The van der Waals surface area contributed by atoms with E-state index in [2.05, 4.69) is 6.92 Å². The molecule has 1 atom stereocenters. The summed E-state index contributed by atoms with van der Waals surface area (Å²) in [6.45, 7) is 10.1. The molecule has 1 aliphatic rings. The third-order valence-corrected chi connectivity index (χ3v) is 3.32. The first kappa shape index (κ1) is 15.3. The lowest BCUT2D eigenvalue weighted by atomic mass is 9.83. The van der Waals surface area contributed by atoms with Gasteiger partial charge in [-0.25, -0.2) is 4.79 Å². The van der Waals surface area contributed by atoms with Crippen molar-refractivity contribution >= 4 is 6.09 Å². The highest BCUT2D eigenvalue weighted by Crippen LogP contribution is 2.36. The largest absolute Gasteiger partial charge is 0.444 e. The molecule has 1 saturated heterocycles. The van der Waals surface area contributed by atoms with Gasteiger partial charge in [0.05, 0.1) is 6.61 Å². The highest BCUT2D eigenvalue weighted by atomic mass is 16.6. The van der Waals surface area contributed by atoms with E-state index < -0.39 is 5.60 Å². The highest BCUT2D eigenvalue weighted by Gasteiger charge is 2.40. The normalized spacial score (nSPS) is 24.4. The van der Waals surface area contributed by atoms with Crippen molar-refractivity contribution in [3.63, 3.8) is 0 Å². The predicted octanol–water partition coefficient (Wildman–Crippen LogP) is 3.06.